The first kappa shape index (κ1) is 23.9. The number of benzene rings is 2. The zero-order valence-electron chi connectivity index (χ0n) is 15.0. The lowest BCUT2D eigenvalue weighted by Gasteiger charge is -2.21. The summed E-state index contributed by atoms with van der Waals surface area (Å²) in [4.78, 5) is 8.92. The van der Waals surface area contributed by atoms with Gasteiger partial charge in [0, 0.05) is 11.8 Å². The Morgan fingerprint density at radius 2 is 1.64 bits per heavy atom. The Morgan fingerprint density at radius 1 is 1.00 bits per heavy atom. The van der Waals surface area contributed by atoms with E-state index in [1.165, 1.54) is 12.1 Å². The summed E-state index contributed by atoms with van der Waals surface area (Å²) in [5.41, 5.74) is 5.83. The Hall–Kier alpha value is -2.09. The molecule has 0 saturated heterocycles. The van der Waals surface area contributed by atoms with Gasteiger partial charge in [0.25, 0.3) is 0 Å². The monoisotopic (exact) mass is 432 g/mol. The minimum Gasteiger partial charge on any atom is -0.363 e. The van der Waals surface area contributed by atoms with Gasteiger partial charge in [-0.05, 0) is 37.2 Å². The molecule has 3 rings (SSSR count). The van der Waals surface area contributed by atoms with Crippen LogP contribution in [-0.4, -0.2) is 16.5 Å². The van der Waals surface area contributed by atoms with Crippen LogP contribution < -0.4 is 11.1 Å². The largest absolute Gasteiger partial charge is 0.416 e. The molecule has 0 amide bonds. The Morgan fingerprint density at radius 3 is 2.32 bits per heavy atom. The average molecular weight is 433 g/mol. The fourth-order valence-electron chi connectivity index (χ4n) is 2.89. The maximum atomic E-state index is 13.3. The van der Waals surface area contributed by atoms with Crippen LogP contribution >= 0.6 is 24.8 Å². The van der Waals surface area contributed by atoms with E-state index in [0.29, 0.717) is 24.6 Å². The second-order valence-corrected chi connectivity index (χ2v) is 6.00. The number of aromatic nitrogens is 2. The lowest BCUT2D eigenvalue weighted by molar-refractivity contribution is -0.138. The summed E-state index contributed by atoms with van der Waals surface area (Å²) >= 11 is 0. The maximum absolute atomic E-state index is 13.3. The standard InChI is InChI=1S/C19H19F3N4.2ClH/c1-12(13-6-2-4-8-15(13)19(20,21)22)24-18-14-7-3-5-9-16(14)25-17(26-18)10-11-23;;/h2-9,12H,10-11,23H2,1H3,(H,24,25,26);2*1H. The summed E-state index contributed by atoms with van der Waals surface area (Å²) in [6.07, 6.45) is -3.92. The molecule has 3 aromatic rings. The number of rotatable bonds is 5. The molecule has 0 fully saturated rings. The van der Waals surface area contributed by atoms with E-state index in [1.54, 1.807) is 13.0 Å². The highest BCUT2D eigenvalue weighted by molar-refractivity contribution is 5.89. The molecule has 1 atom stereocenters. The van der Waals surface area contributed by atoms with E-state index >= 15 is 0 Å². The van der Waals surface area contributed by atoms with Gasteiger partial charge in [-0.2, -0.15) is 13.2 Å². The van der Waals surface area contributed by atoms with Gasteiger partial charge in [-0.25, -0.2) is 9.97 Å². The molecular formula is C19H21Cl2F3N4. The minimum absolute atomic E-state index is 0. The highest BCUT2D eigenvalue weighted by atomic mass is 35.5. The van der Waals surface area contributed by atoms with Crippen LogP contribution in [0.25, 0.3) is 10.9 Å². The lowest BCUT2D eigenvalue weighted by atomic mass is 10.0. The van der Waals surface area contributed by atoms with E-state index in [0.717, 1.165) is 17.0 Å². The van der Waals surface area contributed by atoms with Crippen LogP contribution in [0.15, 0.2) is 48.5 Å². The fraction of sp³-hybridized carbons (Fsp3) is 0.263. The molecule has 28 heavy (non-hydrogen) atoms. The maximum Gasteiger partial charge on any atom is 0.416 e. The van der Waals surface area contributed by atoms with Crippen molar-refractivity contribution in [3.63, 3.8) is 0 Å². The van der Waals surface area contributed by atoms with E-state index in [1.807, 2.05) is 24.3 Å². The number of anilines is 1. The second kappa shape index (κ2) is 9.91. The molecule has 0 aliphatic heterocycles. The van der Waals surface area contributed by atoms with Crippen molar-refractivity contribution < 1.29 is 13.2 Å². The number of hydrogen-bond acceptors (Lipinski definition) is 4. The molecular weight excluding hydrogens is 412 g/mol. The number of hydrogen-bond donors (Lipinski definition) is 2. The molecule has 1 unspecified atom stereocenters. The third-order valence-electron chi connectivity index (χ3n) is 4.10. The van der Waals surface area contributed by atoms with Gasteiger partial charge in [0.05, 0.1) is 17.1 Å². The summed E-state index contributed by atoms with van der Waals surface area (Å²) in [5, 5.41) is 3.87. The Labute approximate surface area is 173 Å². The minimum atomic E-state index is -4.41. The van der Waals surface area contributed by atoms with Crippen molar-refractivity contribution in [3.05, 3.63) is 65.5 Å². The molecule has 0 aliphatic carbocycles. The smallest absolute Gasteiger partial charge is 0.363 e. The first-order valence-corrected chi connectivity index (χ1v) is 8.28. The zero-order valence-corrected chi connectivity index (χ0v) is 16.7. The average Bonchev–Trinajstić information content (AvgIpc) is 2.61. The highest BCUT2D eigenvalue weighted by Gasteiger charge is 2.34. The number of alkyl halides is 3. The van der Waals surface area contributed by atoms with Gasteiger partial charge in [-0.15, -0.1) is 24.8 Å². The topological polar surface area (TPSA) is 63.8 Å². The van der Waals surface area contributed by atoms with Crippen LogP contribution in [0.3, 0.4) is 0 Å². The lowest BCUT2D eigenvalue weighted by Crippen LogP contribution is -2.16. The number of halogens is 5. The molecule has 1 heterocycles. The summed E-state index contributed by atoms with van der Waals surface area (Å²) in [6, 6.07) is 12.3. The number of para-hydroxylation sites is 1. The van der Waals surface area contributed by atoms with Crippen molar-refractivity contribution in [3.8, 4) is 0 Å². The molecule has 1 aromatic heterocycles. The Bertz CT molecular complexity index is 919. The van der Waals surface area contributed by atoms with Gasteiger partial charge in [-0.3, -0.25) is 0 Å². The van der Waals surface area contributed by atoms with Crippen LogP contribution in [0.4, 0.5) is 19.0 Å². The molecule has 9 heteroatoms. The first-order chi connectivity index (χ1) is 12.4. The number of nitrogens with zero attached hydrogens (tertiary/aromatic N) is 2. The summed E-state index contributed by atoms with van der Waals surface area (Å²) in [7, 11) is 0. The van der Waals surface area contributed by atoms with Crippen LogP contribution in [0.1, 0.15) is 29.9 Å². The van der Waals surface area contributed by atoms with E-state index in [4.69, 9.17) is 5.73 Å². The van der Waals surface area contributed by atoms with E-state index in [9.17, 15) is 13.2 Å². The predicted molar refractivity (Wildman–Crippen MR) is 110 cm³/mol. The van der Waals surface area contributed by atoms with E-state index < -0.39 is 17.8 Å². The highest BCUT2D eigenvalue weighted by Crippen LogP contribution is 2.35. The molecule has 0 aliphatic rings. The van der Waals surface area contributed by atoms with Gasteiger partial charge in [0.1, 0.15) is 11.6 Å². The number of nitrogens with two attached hydrogens (primary N) is 1. The van der Waals surface area contributed by atoms with Crippen LogP contribution in [0.2, 0.25) is 0 Å². The zero-order chi connectivity index (χ0) is 18.7. The van der Waals surface area contributed by atoms with Gasteiger partial charge in [0.15, 0.2) is 0 Å². The molecule has 152 valence electrons. The molecule has 3 N–H and O–H groups in total. The predicted octanol–water partition coefficient (Wildman–Crippen LogP) is 5.17. The molecule has 2 aromatic carbocycles. The third-order valence-corrected chi connectivity index (χ3v) is 4.10. The SMILES string of the molecule is CC(Nc1nc(CCN)nc2ccccc12)c1ccccc1C(F)(F)F.Cl.Cl. The summed E-state index contributed by atoms with van der Waals surface area (Å²) in [6.45, 7) is 2.08. The van der Waals surface area contributed by atoms with Crippen LogP contribution in [-0.2, 0) is 12.6 Å². The van der Waals surface area contributed by atoms with Gasteiger partial charge < -0.3 is 11.1 Å². The van der Waals surface area contributed by atoms with Gasteiger partial charge in [0.2, 0.25) is 0 Å². The molecule has 0 bridgehead atoms. The molecule has 0 radical (unpaired) electrons. The first-order valence-electron chi connectivity index (χ1n) is 8.28. The van der Waals surface area contributed by atoms with Crippen molar-refractivity contribution in [1.82, 2.24) is 9.97 Å². The van der Waals surface area contributed by atoms with Gasteiger partial charge in [-0.1, -0.05) is 30.3 Å². The number of fused-ring (bicyclic) bond motifs is 1. The normalized spacial score (nSPS) is 12.0. The summed E-state index contributed by atoms with van der Waals surface area (Å²) < 4.78 is 39.9. The quantitative estimate of drug-likeness (QED) is 0.583. The van der Waals surface area contributed by atoms with E-state index in [2.05, 4.69) is 15.3 Å². The fourth-order valence-corrected chi connectivity index (χ4v) is 2.89. The van der Waals surface area contributed by atoms with Crippen LogP contribution in [0, 0.1) is 0 Å². The molecule has 0 saturated carbocycles. The third kappa shape index (κ3) is 5.25. The van der Waals surface area contributed by atoms with Crippen LogP contribution in [0.5, 0.6) is 0 Å². The number of nitrogens with one attached hydrogen (secondary N) is 1. The Balaban J connectivity index is 0.00000196. The van der Waals surface area contributed by atoms with Crippen molar-refractivity contribution in [2.24, 2.45) is 5.73 Å². The van der Waals surface area contributed by atoms with Gasteiger partial charge >= 0.3 is 6.18 Å². The van der Waals surface area contributed by atoms with Crippen molar-refractivity contribution >= 4 is 41.5 Å². The second-order valence-electron chi connectivity index (χ2n) is 6.00. The molecule has 4 nitrogen and oxygen atoms in total. The summed E-state index contributed by atoms with van der Waals surface area (Å²) in [5.74, 6) is 1.06. The van der Waals surface area contributed by atoms with Crippen molar-refractivity contribution in [2.45, 2.75) is 25.6 Å². The molecule has 0 spiro atoms. The Kier molecular flexibility index (Phi) is 8.48. The van der Waals surface area contributed by atoms with Crippen molar-refractivity contribution in [1.29, 1.82) is 0 Å². The van der Waals surface area contributed by atoms with E-state index in [-0.39, 0.29) is 30.4 Å². The van der Waals surface area contributed by atoms with Crippen molar-refractivity contribution in [2.75, 3.05) is 11.9 Å².